The minimum atomic E-state index is -0.298. The summed E-state index contributed by atoms with van der Waals surface area (Å²) < 4.78 is 0. The molecule has 19 heavy (non-hydrogen) atoms. The van der Waals surface area contributed by atoms with E-state index in [1.54, 1.807) is 42.6 Å². The molecular weight excluding hydrogens is 242 g/mol. The number of hydrazine groups is 1. The molecule has 3 N–H and O–H groups in total. The second-order valence-corrected chi connectivity index (χ2v) is 3.85. The van der Waals surface area contributed by atoms with Gasteiger partial charge in [0.05, 0.1) is 11.3 Å². The number of pyridine rings is 1. The van der Waals surface area contributed by atoms with Crippen molar-refractivity contribution in [1.29, 1.82) is 0 Å². The van der Waals surface area contributed by atoms with Crippen LogP contribution in [-0.2, 0) is 0 Å². The second-order valence-electron chi connectivity index (χ2n) is 3.85. The van der Waals surface area contributed by atoms with E-state index >= 15 is 0 Å². The molecule has 5 heteroatoms. The van der Waals surface area contributed by atoms with Crippen molar-refractivity contribution >= 4 is 11.6 Å². The van der Waals surface area contributed by atoms with Crippen molar-refractivity contribution in [3.8, 4) is 5.75 Å². The molecule has 2 aromatic rings. The third-order valence-electron chi connectivity index (χ3n) is 2.47. The van der Waals surface area contributed by atoms with Crippen molar-refractivity contribution in [2.75, 3.05) is 0 Å². The number of hydrogen-bond acceptors (Lipinski definition) is 4. The molecule has 0 saturated heterocycles. The molecule has 0 fully saturated rings. The van der Waals surface area contributed by atoms with E-state index in [1.807, 2.05) is 0 Å². The Labute approximate surface area is 110 Å². The first-order valence-corrected chi connectivity index (χ1v) is 5.61. The molecule has 0 aliphatic carbocycles. The number of benzene rings is 1. The fraction of sp³-hybridized carbons (Fsp3) is 0. The largest absolute Gasteiger partial charge is 0.508 e. The van der Waals surface area contributed by atoms with E-state index in [-0.39, 0.29) is 11.7 Å². The van der Waals surface area contributed by atoms with Gasteiger partial charge >= 0.3 is 0 Å². The molecule has 2 rings (SSSR count). The molecule has 0 saturated carbocycles. The summed E-state index contributed by atoms with van der Waals surface area (Å²) in [7, 11) is 0. The molecular formula is C14H13N3O2. The van der Waals surface area contributed by atoms with E-state index in [4.69, 9.17) is 0 Å². The zero-order valence-electron chi connectivity index (χ0n) is 10.1. The SMILES string of the molecule is C=C(NNC(=O)c1cccnc1)c1ccc(O)cc1. The van der Waals surface area contributed by atoms with Crippen molar-refractivity contribution in [2.24, 2.45) is 0 Å². The Morgan fingerprint density at radius 3 is 2.47 bits per heavy atom. The number of rotatable bonds is 4. The van der Waals surface area contributed by atoms with Crippen LogP contribution in [0.1, 0.15) is 15.9 Å². The number of phenols is 1. The Kier molecular flexibility index (Phi) is 3.78. The Hall–Kier alpha value is -2.82. The summed E-state index contributed by atoms with van der Waals surface area (Å²) in [5.41, 5.74) is 6.98. The lowest BCUT2D eigenvalue weighted by Crippen LogP contribution is -2.35. The van der Waals surface area contributed by atoms with Crippen LogP contribution in [0.25, 0.3) is 5.70 Å². The van der Waals surface area contributed by atoms with Crippen LogP contribution < -0.4 is 10.9 Å². The number of aromatic hydroxyl groups is 1. The number of nitrogens with zero attached hydrogens (tertiary/aromatic N) is 1. The molecule has 0 radical (unpaired) electrons. The van der Waals surface area contributed by atoms with Gasteiger partial charge in [-0.1, -0.05) is 6.58 Å². The maximum absolute atomic E-state index is 11.7. The molecule has 0 atom stereocenters. The summed E-state index contributed by atoms with van der Waals surface area (Å²) in [6.45, 7) is 3.80. The normalized spacial score (nSPS) is 9.68. The highest BCUT2D eigenvalue weighted by Gasteiger charge is 2.05. The number of hydrogen-bond donors (Lipinski definition) is 3. The average molecular weight is 255 g/mol. The first kappa shape index (κ1) is 12.6. The summed E-state index contributed by atoms with van der Waals surface area (Å²) in [6, 6.07) is 9.83. The fourth-order valence-electron chi connectivity index (χ4n) is 1.44. The second kappa shape index (κ2) is 5.68. The van der Waals surface area contributed by atoms with Crippen LogP contribution in [0.3, 0.4) is 0 Å². The minimum Gasteiger partial charge on any atom is -0.508 e. The van der Waals surface area contributed by atoms with E-state index < -0.39 is 0 Å². The third kappa shape index (κ3) is 3.32. The number of amides is 1. The maximum Gasteiger partial charge on any atom is 0.271 e. The molecule has 0 unspecified atom stereocenters. The van der Waals surface area contributed by atoms with Gasteiger partial charge in [0.15, 0.2) is 0 Å². The van der Waals surface area contributed by atoms with Gasteiger partial charge in [-0.25, -0.2) is 0 Å². The monoisotopic (exact) mass is 255 g/mol. The fourth-order valence-corrected chi connectivity index (χ4v) is 1.44. The summed E-state index contributed by atoms with van der Waals surface area (Å²) in [5, 5.41) is 9.18. The lowest BCUT2D eigenvalue weighted by molar-refractivity contribution is 0.0942. The van der Waals surface area contributed by atoms with Gasteiger partial charge in [0, 0.05) is 12.4 Å². The van der Waals surface area contributed by atoms with E-state index in [0.29, 0.717) is 11.3 Å². The minimum absolute atomic E-state index is 0.177. The highest BCUT2D eigenvalue weighted by molar-refractivity contribution is 5.94. The number of phenolic OH excluding ortho intramolecular Hbond substituents is 1. The average Bonchev–Trinajstić information content (AvgIpc) is 2.46. The molecule has 1 amide bonds. The van der Waals surface area contributed by atoms with E-state index in [2.05, 4.69) is 22.4 Å². The van der Waals surface area contributed by atoms with Crippen LogP contribution in [0.5, 0.6) is 5.75 Å². The molecule has 1 heterocycles. The van der Waals surface area contributed by atoms with E-state index in [0.717, 1.165) is 5.56 Å². The maximum atomic E-state index is 11.7. The Balaban J connectivity index is 1.94. The van der Waals surface area contributed by atoms with Gasteiger partial charge < -0.3 is 5.11 Å². The predicted octanol–water partition coefficient (Wildman–Crippen LogP) is 1.69. The van der Waals surface area contributed by atoms with Crippen LogP contribution in [0.4, 0.5) is 0 Å². The summed E-state index contributed by atoms with van der Waals surface area (Å²) in [4.78, 5) is 15.6. The summed E-state index contributed by atoms with van der Waals surface area (Å²) >= 11 is 0. The summed E-state index contributed by atoms with van der Waals surface area (Å²) in [5.74, 6) is -0.121. The number of nitrogens with one attached hydrogen (secondary N) is 2. The van der Waals surface area contributed by atoms with E-state index in [9.17, 15) is 9.90 Å². The van der Waals surface area contributed by atoms with Crippen molar-refractivity contribution < 1.29 is 9.90 Å². The molecule has 0 spiro atoms. The van der Waals surface area contributed by atoms with Gasteiger partial charge in [0.2, 0.25) is 0 Å². The zero-order chi connectivity index (χ0) is 13.7. The summed E-state index contributed by atoms with van der Waals surface area (Å²) in [6.07, 6.45) is 3.07. The van der Waals surface area contributed by atoms with Crippen molar-refractivity contribution in [3.05, 3.63) is 66.5 Å². The third-order valence-corrected chi connectivity index (χ3v) is 2.47. The lowest BCUT2D eigenvalue weighted by atomic mass is 10.2. The smallest absolute Gasteiger partial charge is 0.271 e. The lowest BCUT2D eigenvalue weighted by Gasteiger charge is -2.11. The van der Waals surface area contributed by atoms with Gasteiger partial charge in [-0.05, 0) is 42.0 Å². The Morgan fingerprint density at radius 2 is 1.84 bits per heavy atom. The molecule has 5 nitrogen and oxygen atoms in total. The van der Waals surface area contributed by atoms with E-state index in [1.165, 1.54) is 6.20 Å². The molecule has 0 aliphatic heterocycles. The number of carbonyl (C=O) groups excluding carboxylic acids is 1. The molecule has 1 aromatic carbocycles. The van der Waals surface area contributed by atoms with Crippen molar-refractivity contribution in [2.45, 2.75) is 0 Å². The number of aromatic nitrogens is 1. The van der Waals surface area contributed by atoms with Gasteiger partial charge in [-0.15, -0.1) is 0 Å². The van der Waals surface area contributed by atoms with Gasteiger partial charge in [-0.3, -0.25) is 20.6 Å². The molecule has 0 bridgehead atoms. The standard InChI is InChI=1S/C14H13N3O2/c1-10(11-4-6-13(18)7-5-11)16-17-14(19)12-3-2-8-15-9-12/h2-9,16,18H,1H2,(H,17,19). The van der Waals surface area contributed by atoms with Gasteiger partial charge in [-0.2, -0.15) is 0 Å². The first-order valence-electron chi connectivity index (χ1n) is 5.61. The number of carbonyl (C=O) groups is 1. The Bertz CT molecular complexity index is 579. The topological polar surface area (TPSA) is 74.2 Å². The van der Waals surface area contributed by atoms with Crippen LogP contribution in [0.2, 0.25) is 0 Å². The van der Waals surface area contributed by atoms with Crippen LogP contribution >= 0.6 is 0 Å². The predicted molar refractivity (Wildman–Crippen MR) is 72.0 cm³/mol. The highest BCUT2D eigenvalue weighted by atomic mass is 16.3. The first-order chi connectivity index (χ1) is 9.16. The zero-order valence-corrected chi connectivity index (χ0v) is 10.1. The quantitative estimate of drug-likeness (QED) is 0.727. The van der Waals surface area contributed by atoms with Crippen LogP contribution in [-0.4, -0.2) is 16.0 Å². The molecule has 1 aromatic heterocycles. The highest BCUT2D eigenvalue weighted by Crippen LogP contribution is 2.13. The van der Waals surface area contributed by atoms with Crippen LogP contribution in [0, 0.1) is 0 Å². The molecule has 96 valence electrons. The van der Waals surface area contributed by atoms with Gasteiger partial charge in [0.1, 0.15) is 5.75 Å². The Morgan fingerprint density at radius 1 is 1.11 bits per heavy atom. The molecule has 0 aliphatic rings. The van der Waals surface area contributed by atoms with Crippen molar-refractivity contribution in [1.82, 2.24) is 15.8 Å². The van der Waals surface area contributed by atoms with Crippen LogP contribution in [0.15, 0.2) is 55.4 Å². The van der Waals surface area contributed by atoms with Crippen molar-refractivity contribution in [3.63, 3.8) is 0 Å². The van der Waals surface area contributed by atoms with Gasteiger partial charge in [0.25, 0.3) is 5.91 Å².